The Labute approximate surface area is 147 Å². The third kappa shape index (κ3) is 3.55. The first kappa shape index (κ1) is 17.1. The quantitative estimate of drug-likeness (QED) is 0.911. The molecule has 0 spiro atoms. The van der Waals surface area contributed by atoms with E-state index >= 15 is 0 Å². The maximum absolute atomic E-state index is 13.0. The number of nitrogens with zero attached hydrogens (tertiary/aromatic N) is 2. The van der Waals surface area contributed by atoms with E-state index in [1.54, 1.807) is 6.07 Å². The number of carbonyl (C=O) groups excluding carboxylic acids is 2. The number of aromatic nitrogens is 1. The van der Waals surface area contributed by atoms with E-state index in [9.17, 15) is 9.59 Å². The van der Waals surface area contributed by atoms with Gasteiger partial charge in [-0.1, -0.05) is 37.3 Å². The molecule has 5 heteroatoms. The van der Waals surface area contributed by atoms with E-state index in [1.807, 2.05) is 23.1 Å². The van der Waals surface area contributed by atoms with Crippen LogP contribution in [0, 0.1) is 0 Å². The summed E-state index contributed by atoms with van der Waals surface area (Å²) in [5.74, 6) is -0.293. The van der Waals surface area contributed by atoms with Crippen LogP contribution in [0.1, 0.15) is 58.5 Å². The summed E-state index contributed by atoms with van der Waals surface area (Å²) in [4.78, 5) is 30.1. The van der Waals surface area contributed by atoms with Gasteiger partial charge in [0.2, 0.25) is 0 Å². The summed E-state index contributed by atoms with van der Waals surface area (Å²) in [6, 6.07) is 13.7. The first-order chi connectivity index (χ1) is 12.1. The number of primary amides is 1. The van der Waals surface area contributed by atoms with Gasteiger partial charge in [0, 0.05) is 24.7 Å². The summed E-state index contributed by atoms with van der Waals surface area (Å²) in [6.45, 7) is 2.92. The smallest absolute Gasteiger partial charge is 0.267 e. The molecule has 130 valence electrons. The maximum atomic E-state index is 13.0. The molecule has 2 amide bonds. The number of amides is 2. The van der Waals surface area contributed by atoms with Crippen molar-refractivity contribution in [3.8, 4) is 0 Å². The van der Waals surface area contributed by atoms with Gasteiger partial charge in [-0.05, 0) is 37.0 Å². The predicted octanol–water partition coefficient (Wildman–Crippen LogP) is 2.98. The van der Waals surface area contributed by atoms with Crippen molar-refractivity contribution in [1.82, 2.24) is 9.88 Å². The van der Waals surface area contributed by atoms with Crippen LogP contribution in [0.25, 0.3) is 0 Å². The Bertz CT molecular complexity index is 743. The second-order valence-electron chi connectivity index (χ2n) is 6.43. The lowest BCUT2D eigenvalue weighted by Gasteiger charge is -2.31. The molecule has 2 N–H and O–H groups in total. The predicted molar refractivity (Wildman–Crippen MR) is 96.3 cm³/mol. The third-order valence-corrected chi connectivity index (χ3v) is 4.95. The van der Waals surface area contributed by atoms with E-state index in [0.717, 1.165) is 25.8 Å². The molecule has 1 aromatic carbocycles. The van der Waals surface area contributed by atoms with E-state index in [2.05, 4.69) is 24.0 Å². The number of benzene rings is 1. The molecule has 0 radical (unpaired) electrons. The zero-order valence-corrected chi connectivity index (χ0v) is 14.4. The summed E-state index contributed by atoms with van der Waals surface area (Å²) < 4.78 is 0. The number of rotatable bonds is 5. The van der Waals surface area contributed by atoms with Gasteiger partial charge in [-0.2, -0.15) is 0 Å². The number of carbonyl (C=O) groups is 2. The van der Waals surface area contributed by atoms with Crippen LogP contribution >= 0.6 is 0 Å². The highest BCUT2D eigenvalue weighted by Crippen LogP contribution is 2.34. The first-order valence-electron chi connectivity index (χ1n) is 8.73. The van der Waals surface area contributed by atoms with Crippen LogP contribution in [0.5, 0.6) is 0 Å². The molecular weight excluding hydrogens is 314 g/mol. The van der Waals surface area contributed by atoms with Crippen LogP contribution in [0.15, 0.2) is 48.7 Å². The van der Waals surface area contributed by atoms with Crippen molar-refractivity contribution in [2.24, 2.45) is 5.73 Å². The molecule has 0 bridgehead atoms. The molecule has 1 saturated heterocycles. The zero-order chi connectivity index (χ0) is 17.8. The average Bonchev–Trinajstić information content (AvgIpc) is 3.12. The number of likely N-dealkylation sites (tertiary alicyclic amines) is 1. The van der Waals surface area contributed by atoms with E-state index < -0.39 is 5.91 Å². The van der Waals surface area contributed by atoms with Crippen molar-refractivity contribution in [2.75, 3.05) is 6.54 Å². The van der Waals surface area contributed by atoms with Crippen molar-refractivity contribution in [3.63, 3.8) is 0 Å². The SMILES string of the molecule is CCC(c1ccccc1)C1CCCN1C(=O)c1ccc(C(N)=O)nc1. The van der Waals surface area contributed by atoms with Crippen molar-refractivity contribution >= 4 is 11.8 Å². The molecule has 0 saturated carbocycles. The summed E-state index contributed by atoms with van der Waals surface area (Å²) in [5, 5.41) is 0. The lowest BCUT2D eigenvalue weighted by atomic mass is 9.87. The van der Waals surface area contributed by atoms with Gasteiger partial charge in [0.25, 0.3) is 11.8 Å². The molecule has 1 aliphatic heterocycles. The highest BCUT2D eigenvalue weighted by atomic mass is 16.2. The lowest BCUT2D eigenvalue weighted by Crippen LogP contribution is -2.39. The van der Waals surface area contributed by atoms with Crippen molar-refractivity contribution in [1.29, 1.82) is 0 Å². The fraction of sp³-hybridized carbons (Fsp3) is 0.350. The molecule has 1 aliphatic rings. The number of pyridine rings is 1. The highest BCUT2D eigenvalue weighted by molar-refractivity contribution is 5.96. The molecule has 2 heterocycles. The first-order valence-corrected chi connectivity index (χ1v) is 8.73. The Morgan fingerprint density at radius 1 is 1.24 bits per heavy atom. The van der Waals surface area contributed by atoms with Gasteiger partial charge in [-0.25, -0.2) is 0 Å². The second-order valence-corrected chi connectivity index (χ2v) is 6.43. The van der Waals surface area contributed by atoms with Crippen molar-refractivity contribution in [3.05, 3.63) is 65.5 Å². The normalized spacial score (nSPS) is 18.1. The van der Waals surface area contributed by atoms with E-state index in [4.69, 9.17) is 5.73 Å². The number of nitrogens with two attached hydrogens (primary N) is 1. The fourth-order valence-corrected chi connectivity index (χ4v) is 3.73. The van der Waals surface area contributed by atoms with Crippen molar-refractivity contribution in [2.45, 2.75) is 38.1 Å². The standard InChI is InChI=1S/C20H23N3O2/c1-2-16(14-7-4-3-5-8-14)18-9-6-12-23(18)20(25)15-10-11-17(19(21)24)22-13-15/h3-5,7-8,10-11,13,16,18H,2,6,9,12H2,1H3,(H2,21,24). The molecule has 5 nitrogen and oxygen atoms in total. The van der Waals surface area contributed by atoms with Gasteiger partial charge in [0.05, 0.1) is 5.56 Å². The summed E-state index contributed by atoms with van der Waals surface area (Å²) in [6.07, 6.45) is 4.44. The van der Waals surface area contributed by atoms with Gasteiger partial charge in [-0.3, -0.25) is 14.6 Å². The van der Waals surface area contributed by atoms with Crippen LogP contribution in [-0.4, -0.2) is 34.3 Å². The van der Waals surface area contributed by atoms with E-state index in [-0.39, 0.29) is 17.6 Å². The van der Waals surface area contributed by atoms with Gasteiger partial charge < -0.3 is 10.6 Å². The minimum atomic E-state index is -0.590. The fourth-order valence-electron chi connectivity index (χ4n) is 3.73. The van der Waals surface area contributed by atoms with Crippen LogP contribution in [0.2, 0.25) is 0 Å². The average molecular weight is 337 g/mol. The Morgan fingerprint density at radius 3 is 2.60 bits per heavy atom. The Morgan fingerprint density at radius 2 is 2.00 bits per heavy atom. The largest absolute Gasteiger partial charge is 0.364 e. The Kier molecular flexibility index (Phi) is 5.12. The van der Waals surface area contributed by atoms with Gasteiger partial charge in [-0.15, -0.1) is 0 Å². The molecule has 2 unspecified atom stereocenters. The molecular formula is C20H23N3O2. The zero-order valence-electron chi connectivity index (χ0n) is 14.4. The molecule has 1 aromatic heterocycles. The van der Waals surface area contributed by atoms with Crippen LogP contribution in [0.3, 0.4) is 0 Å². The molecule has 0 aliphatic carbocycles. The molecule has 2 aromatic rings. The van der Waals surface area contributed by atoms with Gasteiger partial charge >= 0.3 is 0 Å². The summed E-state index contributed by atoms with van der Waals surface area (Å²) >= 11 is 0. The molecule has 1 fully saturated rings. The molecule has 2 atom stereocenters. The van der Waals surface area contributed by atoms with Gasteiger partial charge in [0.15, 0.2) is 0 Å². The minimum absolute atomic E-state index is 0.0274. The highest BCUT2D eigenvalue weighted by Gasteiger charge is 2.35. The van der Waals surface area contributed by atoms with E-state index in [0.29, 0.717) is 11.5 Å². The topological polar surface area (TPSA) is 76.3 Å². The molecule has 3 rings (SSSR count). The number of hydrogen-bond acceptors (Lipinski definition) is 3. The van der Waals surface area contributed by atoms with Crippen LogP contribution in [0.4, 0.5) is 0 Å². The minimum Gasteiger partial charge on any atom is -0.364 e. The van der Waals surface area contributed by atoms with E-state index in [1.165, 1.54) is 17.8 Å². The van der Waals surface area contributed by atoms with Crippen LogP contribution < -0.4 is 5.73 Å². The monoisotopic (exact) mass is 337 g/mol. The summed E-state index contributed by atoms with van der Waals surface area (Å²) in [5.41, 5.74) is 7.16. The van der Waals surface area contributed by atoms with Gasteiger partial charge in [0.1, 0.15) is 5.69 Å². The van der Waals surface area contributed by atoms with Crippen molar-refractivity contribution < 1.29 is 9.59 Å². The Hall–Kier alpha value is -2.69. The second kappa shape index (κ2) is 7.47. The molecule has 25 heavy (non-hydrogen) atoms. The Balaban J connectivity index is 1.82. The third-order valence-electron chi connectivity index (χ3n) is 4.95. The lowest BCUT2D eigenvalue weighted by molar-refractivity contribution is 0.0713. The summed E-state index contributed by atoms with van der Waals surface area (Å²) in [7, 11) is 0. The maximum Gasteiger partial charge on any atom is 0.267 e. The van der Waals surface area contributed by atoms with Crippen LogP contribution in [-0.2, 0) is 0 Å². The number of hydrogen-bond donors (Lipinski definition) is 1.